The summed E-state index contributed by atoms with van der Waals surface area (Å²) in [7, 11) is 1.77. The number of carbonyl (C=O) groups excluding carboxylic acids is 1. The monoisotopic (exact) mass is 357 g/mol. The fourth-order valence-corrected chi connectivity index (χ4v) is 3.31. The van der Waals surface area contributed by atoms with Crippen molar-refractivity contribution in [3.8, 4) is 0 Å². The third-order valence-electron chi connectivity index (χ3n) is 3.65. The minimum atomic E-state index is -0.217. The number of carbonyl (C=O) groups is 1. The molecule has 0 saturated carbocycles. The molecule has 0 aliphatic rings. The lowest BCUT2D eigenvalue weighted by Gasteiger charge is -2.14. The Hall–Kier alpha value is -2.74. The Bertz CT molecular complexity index is 935. The average Bonchev–Trinajstić information content (AvgIpc) is 3.00. The van der Waals surface area contributed by atoms with Crippen LogP contribution >= 0.6 is 11.3 Å². The molecule has 0 radical (unpaired) electrons. The lowest BCUT2D eigenvalue weighted by atomic mass is 10.1. The van der Waals surface area contributed by atoms with Crippen molar-refractivity contribution >= 4 is 27.3 Å². The van der Waals surface area contributed by atoms with Crippen molar-refractivity contribution < 1.29 is 4.79 Å². The third kappa shape index (κ3) is 4.21. The second kappa shape index (κ2) is 7.43. The van der Waals surface area contributed by atoms with Crippen molar-refractivity contribution in [1.29, 1.82) is 0 Å². The summed E-state index contributed by atoms with van der Waals surface area (Å²) in [6.07, 6.45) is 0.788. The molecular weight excluding hydrogens is 338 g/mol. The molecule has 0 unspecified atom stereocenters. The van der Waals surface area contributed by atoms with Crippen molar-refractivity contribution in [2.24, 2.45) is 0 Å². The van der Waals surface area contributed by atoms with Gasteiger partial charge in [0.05, 0.1) is 6.54 Å². The number of amides is 1. The van der Waals surface area contributed by atoms with Crippen LogP contribution in [-0.2, 0) is 11.2 Å². The summed E-state index contributed by atoms with van der Waals surface area (Å²) in [6.45, 7) is 2.52. The zero-order chi connectivity index (χ0) is 17.8. The van der Waals surface area contributed by atoms with E-state index in [-0.39, 0.29) is 18.0 Å². The highest BCUT2D eigenvalue weighted by Crippen LogP contribution is 2.19. The number of benzene rings is 1. The molecule has 0 aliphatic heterocycles. The standard InChI is InChI=1S/C17H19N5O2S/c1-12-10-15(24)22-16(19-12)25-17(20-22)21(2)11-14(23)18-9-8-13-6-4-3-5-7-13/h3-7,10H,8-9,11H2,1-2H3,(H,18,23). The molecule has 0 fully saturated rings. The lowest BCUT2D eigenvalue weighted by Crippen LogP contribution is -2.36. The van der Waals surface area contributed by atoms with Crippen LogP contribution in [0.5, 0.6) is 0 Å². The zero-order valence-corrected chi connectivity index (χ0v) is 14.9. The average molecular weight is 357 g/mol. The molecule has 1 N–H and O–H groups in total. The Kier molecular flexibility index (Phi) is 5.08. The van der Waals surface area contributed by atoms with E-state index >= 15 is 0 Å². The summed E-state index contributed by atoms with van der Waals surface area (Å²) in [5.74, 6) is -0.0887. The SMILES string of the molecule is Cc1cc(=O)n2nc(N(C)CC(=O)NCCc3ccccc3)sc2n1. The zero-order valence-electron chi connectivity index (χ0n) is 14.1. The van der Waals surface area contributed by atoms with Crippen LogP contribution < -0.4 is 15.8 Å². The van der Waals surface area contributed by atoms with Gasteiger partial charge in [-0.15, -0.1) is 5.10 Å². The molecule has 25 heavy (non-hydrogen) atoms. The van der Waals surface area contributed by atoms with Crippen molar-refractivity contribution in [2.75, 3.05) is 25.0 Å². The Balaban J connectivity index is 1.58. The number of nitrogens with one attached hydrogen (secondary N) is 1. The van der Waals surface area contributed by atoms with E-state index in [1.165, 1.54) is 27.5 Å². The summed E-state index contributed by atoms with van der Waals surface area (Å²) in [5, 5.41) is 7.72. The van der Waals surface area contributed by atoms with E-state index in [2.05, 4.69) is 15.4 Å². The summed E-state index contributed by atoms with van der Waals surface area (Å²) in [4.78, 5) is 30.5. The minimum Gasteiger partial charge on any atom is -0.354 e. The number of aryl methyl sites for hydroxylation is 1. The van der Waals surface area contributed by atoms with Gasteiger partial charge in [0.15, 0.2) is 0 Å². The number of anilines is 1. The first-order chi connectivity index (χ1) is 12.0. The van der Waals surface area contributed by atoms with Gasteiger partial charge >= 0.3 is 0 Å². The smallest absolute Gasteiger partial charge is 0.275 e. The predicted octanol–water partition coefficient (Wildman–Crippen LogP) is 1.25. The van der Waals surface area contributed by atoms with E-state index in [4.69, 9.17) is 0 Å². The summed E-state index contributed by atoms with van der Waals surface area (Å²) >= 11 is 1.28. The van der Waals surface area contributed by atoms with E-state index in [9.17, 15) is 9.59 Å². The largest absolute Gasteiger partial charge is 0.354 e. The van der Waals surface area contributed by atoms with Crippen LogP contribution in [0.25, 0.3) is 4.96 Å². The van der Waals surface area contributed by atoms with Crippen LogP contribution in [0.4, 0.5) is 5.13 Å². The molecule has 2 aromatic heterocycles. The van der Waals surface area contributed by atoms with Crippen LogP contribution in [0.2, 0.25) is 0 Å². The first kappa shape index (κ1) is 17.1. The molecule has 0 bridgehead atoms. The molecule has 2 heterocycles. The van der Waals surface area contributed by atoms with Crippen molar-refractivity contribution in [3.05, 3.63) is 58.0 Å². The molecule has 0 spiro atoms. The number of hydrogen-bond donors (Lipinski definition) is 1. The fourth-order valence-electron chi connectivity index (χ4n) is 2.39. The Morgan fingerprint density at radius 1 is 1.32 bits per heavy atom. The Morgan fingerprint density at radius 2 is 2.08 bits per heavy atom. The van der Waals surface area contributed by atoms with Gasteiger partial charge in [-0.25, -0.2) is 4.98 Å². The molecule has 3 rings (SSSR count). The topological polar surface area (TPSA) is 79.6 Å². The van der Waals surface area contributed by atoms with E-state index in [0.717, 1.165) is 6.42 Å². The molecule has 1 aromatic carbocycles. The van der Waals surface area contributed by atoms with E-state index < -0.39 is 0 Å². The molecule has 0 aliphatic carbocycles. The maximum atomic E-state index is 12.1. The normalized spacial score (nSPS) is 10.8. The molecule has 0 saturated heterocycles. The van der Waals surface area contributed by atoms with Crippen LogP contribution in [-0.4, -0.2) is 40.6 Å². The first-order valence-corrected chi connectivity index (χ1v) is 8.74. The first-order valence-electron chi connectivity index (χ1n) is 7.92. The van der Waals surface area contributed by atoms with E-state index in [1.54, 1.807) is 18.9 Å². The molecule has 1 amide bonds. The van der Waals surface area contributed by atoms with Crippen molar-refractivity contribution in [3.63, 3.8) is 0 Å². The Morgan fingerprint density at radius 3 is 2.84 bits per heavy atom. The maximum Gasteiger partial charge on any atom is 0.275 e. The van der Waals surface area contributed by atoms with Gasteiger partial charge in [0, 0.05) is 25.4 Å². The number of aromatic nitrogens is 3. The summed E-state index contributed by atoms with van der Waals surface area (Å²) in [5.41, 5.74) is 1.62. The molecule has 0 atom stereocenters. The van der Waals surface area contributed by atoms with Crippen LogP contribution in [0.3, 0.4) is 0 Å². The number of rotatable bonds is 6. The van der Waals surface area contributed by atoms with Gasteiger partial charge in [0.2, 0.25) is 16.0 Å². The molecule has 3 aromatic rings. The fraction of sp³-hybridized carbons (Fsp3) is 0.294. The quantitative estimate of drug-likeness (QED) is 0.718. The second-order valence-electron chi connectivity index (χ2n) is 5.76. The molecule has 7 nitrogen and oxygen atoms in total. The van der Waals surface area contributed by atoms with Gasteiger partial charge in [-0.3, -0.25) is 9.59 Å². The van der Waals surface area contributed by atoms with Gasteiger partial charge < -0.3 is 10.2 Å². The van der Waals surface area contributed by atoms with E-state index in [0.29, 0.717) is 22.3 Å². The van der Waals surface area contributed by atoms with Crippen LogP contribution in [0.15, 0.2) is 41.2 Å². The Labute approximate surface area is 148 Å². The highest BCUT2D eigenvalue weighted by molar-refractivity contribution is 7.20. The molecule has 8 heteroatoms. The number of fused-ring (bicyclic) bond motifs is 1. The number of hydrogen-bond acceptors (Lipinski definition) is 6. The minimum absolute atomic E-state index is 0.0887. The summed E-state index contributed by atoms with van der Waals surface area (Å²) in [6, 6.07) is 11.4. The van der Waals surface area contributed by atoms with E-state index in [1.807, 2.05) is 30.3 Å². The molecular formula is C17H19N5O2S. The van der Waals surface area contributed by atoms with Gasteiger partial charge in [0.25, 0.3) is 5.56 Å². The van der Waals surface area contributed by atoms with Crippen LogP contribution in [0, 0.1) is 6.92 Å². The second-order valence-corrected chi connectivity index (χ2v) is 6.69. The van der Waals surface area contributed by atoms with Crippen molar-refractivity contribution in [2.45, 2.75) is 13.3 Å². The molecule has 130 valence electrons. The third-order valence-corrected chi connectivity index (χ3v) is 4.67. The van der Waals surface area contributed by atoms with Gasteiger partial charge in [-0.1, -0.05) is 41.7 Å². The van der Waals surface area contributed by atoms with Crippen LogP contribution in [0.1, 0.15) is 11.3 Å². The van der Waals surface area contributed by atoms with Crippen molar-refractivity contribution in [1.82, 2.24) is 19.9 Å². The van der Waals surface area contributed by atoms with Gasteiger partial charge in [0.1, 0.15) is 0 Å². The maximum absolute atomic E-state index is 12.1. The lowest BCUT2D eigenvalue weighted by molar-refractivity contribution is -0.119. The van der Waals surface area contributed by atoms with Gasteiger partial charge in [-0.05, 0) is 18.9 Å². The number of nitrogens with zero attached hydrogens (tertiary/aromatic N) is 4. The predicted molar refractivity (Wildman–Crippen MR) is 98.3 cm³/mol. The van der Waals surface area contributed by atoms with Gasteiger partial charge in [-0.2, -0.15) is 4.52 Å². The number of likely N-dealkylation sites (N-methyl/N-ethyl adjacent to an activating group) is 1. The summed E-state index contributed by atoms with van der Waals surface area (Å²) < 4.78 is 1.26. The highest BCUT2D eigenvalue weighted by Gasteiger charge is 2.14. The highest BCUT2D eigenvalue weighted by atomic mass is 32.1.